The highest BCUT2D eigenvalue weighted by Gasteiger charge is 2.32. The Hall–Kier alpha value is -2.08. The zero-order chi connectivity index (χ0) is 16.2. The molecule has 0 radical (unpaired) electrons. The third-order valence-corrected chi connectivity index (χ3v) is 4.72. The molecule has 1 heterocycles. The number of thiazole rings is 1. The molecular weight excluding hydrogens is 312 g/mol. The predicted octanol–water partition coefficient (Wildman–Crippen LogP) is 3.12. The summed E-state index contributed by atoms with van der Waals surface area (Å²) in [5.41, 5.74) is 3.22. The lowest BCUT2D eigenvalue weighted by Gasteiger charge is -2.11. The maximum absolute atomic E-state index is 12.2. The van der Waals surface area contributed by atoms with Crippen molar-refractivity contribution >= 4 is 17.2 Å². The molecule has 1 aromatic carbocycles. The molecule has 3 rings (SSSR count). The lowest BCUT2D eigenvalue weighted by atomic mass is 10.2. The van der Waals surface area contributed by atoms with Crippen LogP contribution in [-0.4, -0.2) is 24.5 Å². The van der Waals surface area contributed by atoms with Crippen molar-refractivity contribution in [2.45, 2.75) is 20.0 Å². The third kappa shape index (κ3) is 4.01. The Balaban J connectivity index is 1.62. The van der Waals surface area contributed by atoms with E-state index in [2.05, 4.69) is 17.2 Å². The number of hydrogen-bond donors (Lipinski definition) is 1. The van der Waals surface area contributed by atoms with Gasteiger partial charge in [0.2, 0.25) is 0 Å². The molecule has 6 heteroatoms. The summed E-state index contributed by atoms with van der Waals surface area (Å²) >= 11 is 1.53. The van der Waals surface area contributed by atoms with Crippen LogP contribution < -0.4 is 14.8 Å². The molecule has 0 saturated heterocycles. The van der Waals surface area contributed by atoms with Crippen molar-refractivity contribution in [2.75, 3.05) is 13.7 Å². The molecule has 1 aromatic heterocycles. The number of nitrogens with one attached hydrogen (secondary N) is 1. The topological polar surface area (TPSA) is 60.5 Å². The van der Waals surface area contributed by atoms with Crippen molar-refractivity contribution in [3.05, 3.63) is 40.3 Å². The van der Waals surface area contributed by atoms with E-state index in [1.54, 1.807) is 30.8 Å². The number of ether oxygens (including phenoxy) is 2. The molecule has 0 bridgehead atoms. The molecule has 2 unspecified atom stereocenters. The second kappa shape index (κ2) is 7.00. The SMILES string of the molecule is COc1cc(C(=O)NCC2CC2C)ccc1OCc1cscn1. The molecule has 2 atom stereocenters. The molecule has 1 aliphatic rings. The molecule has 122 valence electrons. The molecule has 0 spiro atoms. The fraction of sp³-hybridized carbons (Fsp3) is 0.412. The number of hydrogen-bond acceptors (Lipinski definition) is 5. The molecular formula is C17H20N2O3S. The highest BCUT2D eigenvalue weighted by Crippen LogP contribution is 2.36. The van der Waals surface area contributed by atoms with E-state index >= 15 is 0 Å². The monoisotopic (exact) mass is 332 g/mol. The minimum absolute atomic E-state index is 0.0755. The minimum Gasteiger partial charge on any atom is -0.493 e. The Morgan fingerprint density at radius 1 is 1.43 bits per heavy atom. The van der Waals surface area contributed by atoms with Gasteiger partial charge in [-0.05, 0) is 36.5 Å². The molecule has 1 fully saturated rings. The van der Waals surface area contributed by atoms with Gasteiger partial charge in [0.05, 0.1) is 18.3 Å². The summed E-state index contributed by atoms with van der Waals surface area (Å²) in [6.07, 6.45) is 1.20. The number of methoxy groups -OCH3 is 1. The van der Waals surface area contributed by atoms with E-state index in [4.69, 9.17) is 9.47 Å². The first-order chi connectivity index (χ1) is 11.2. The minimum atomic E-state index is -0.0755. The number of carbonyl (C=O) groups excluding carboxylic acids is 1. The van der Waals surface area contributed by atoms with Gasteiger partial charge in [-0.25, -0.2) is 4.98 Å². The summed E-state index contributed by atoms with van der Waals surface area (Å²) in [6, 6.07) is 5.23. The number of rotatable bonds is 7. The van der Waals surface area contributed by atoms with Crippen molar-refractivity contribution in [3.63, 3.8) is 0 Å². The molecule has 23 heavy (non-hydrogen) atoms. The summed E-state index contributed by atoms with van der Waals surface area (Å²) in [6.45, 7) is 3.32. The van der Waals surface area contributed by atoms with Crippen LogP contribution in [0.3, 0.4) is 0 Å². The van der Waals surface area contributed by atoms with Gasteiger partial charge in [0.15, 0.2) is 11.5 Å². The summed E-state index contributed by atoms with van der Waals surface area (Å²) in [5.74, 6) is 2.43. The van der Waals surface area contributed by atoms with Crippen LogP contribution in [0.5, 0.6) is 11.5 Å². The number of benzene rings is 1. The Kier molecular flexibility index (Phi) is 4.81. The first kappa shape index (κ1) is 15.8. The molecule has 1 N–H and O–H groups in total. The second-order valence-electron chi connectivity index (χ2n) is 5.82. The van der Waals surface area contributed by atoms with E-state index in [9.17, 15) is 4.79 Å². The van der Waals surface area contributed by atoms with Crippen LogP contribution in [0.1, 0.15) is 29.4 Å². The highest BCUT2D eigenvalue weighted by atomic mass is 32.1. The molecule has 0 aliphatic heterocycles. The van der Waals surface area contributed by atoms with Crippen LogP contribution in [0.2, 0.25) is 0 Å². The van der Waals surface area contributed by atoms with E-state index in [0.717, 1.165) is 18.2 Å². The van der Waals surface area contributed by atoms with Crippen molar-refractivity contribution in [1.82, 2.24) is 10.3 Å². The van der Waals surface area contributed by atoms with Gasteiger partial charge in [0, 0.05) is 17.5 Å². The maximum atomic E-state index is 12.2. The lowest BCUT2D eigenvalue weighted by Crippen LogP contribution is -2.25. The van der Waals surface area contributed by atoms with Crippen molar-refractivity contribution in [3.8, 4) is 11.5 Å². The fourth-order valence-electron chi connectivity index (χ4n) is 2.40. The zero-order valence-corrected chi connectivity index (χ0v) is 14.1. The summed E-state index contributed by atoms with van der Waals surface area (Å²) in [7, 11) is 1.57. The molecule has 1 aliphatic carbocycles. The van der Waals surface area contributed by atoms with Crippen LogP contribution >= 0.6 is 11.3 Å². The standard InChI is InChI=1S/C17H20N2O3S/c1-11-5-13(11)7-18-17(20)12-3-4-15(16(6-12)21-2)22-8-14-9-23-10-19-14/h3-4,6,9-11,13H,5,7-8H2,1-2H3,(H,18,20). The van der Waals surface area contributed by atoms with Gasteiger partial charge in [-0.1, -0.05) is 6.92 Å². The van der Waals surface area contributed by atoms with Crippen LogP contribution in [0, 0.1) is 11.8 Å². The predicted molar refractivity (Wildman–Crippen MR) is 89.0 cm³/mol. The number of carbonyl (C=O) groups is 1. The van der Waals surface area contributed by atoms with E-state index < -0.39 is 0 Å². The van der Waals surface area contributed by atoms with Gasteiger partial charge in [-0.15, -0.1) is 11.3 Å². The van der Waals surface area contributed by atoms with E-state index in [1.807, 2.05) is 5.38 Å². The number of aromatic nitrogens is 1. The first-order valence-electron chi connectivity index (χ1n) is 7.63. The smallest absolute Gasteiger partial charge is 0.251 e. The van der Waals surface area contributed by atoms with Crippen molar-refractivity contribution in [2.24, 2.45) is 11.8 Å². The quantitative estimate of drug-likeness (QED) is 0.846. The summed E-state index contributed by atoms with van der Waals surface area (Å²) in [5, 5.41) is 4.91. The number of amides is 1. The van der Waals surface area contributed by atoms with Crippen LogP contribution in [0.25, 0.3) is 0 Å². The average molecular weight is 332 g/mol. The van der Waals surface area contributed by atoms with Crippen LogP contribution in [0.4, 0.5) is 0 Å². The van der Waals surface area contributed by atoms with Gasteiger partial charge in [-0.3, -0.25) is 4.79 Å². The third-order valence-electron chi connectivity index (χ3n) is 4.09. The highest BCUT2D eigenvalue weighted by molar-refractivity contribution is 7.07. The molecule has 5 nitrogen and oxygen atoms in total. The van der Waals surface area contributed by atoms with Gasteiger partial charge >= 0.3 is 0 Å². The normalized spacial score (nSPS) is 19.2. The molecule has 1 saturated carbocycles. The zero-order valence-electron chi connectivity index (χ0n) is 13.2. The van der Waals surface area contributed by atoms with Crippen LogP contribution in [0.15, 0.2) is 29.1 Å². The lowest BCUT2D eigenvalue weighted by molar-refractivity contribution is 0.0951. The number of nitrogens with zero attached hydrogens (tertiary/aromatic N) is 1. The van der Waals surface area contributed by atoms with E-state index in [0.29, 0.717) is 29.6 Å². The van der Waals surface area contributed by atoms with Gasteiger partial charge in [-0.2, -0.15) is 0 Å². The van der Waals surface area contributed by atoms with E-state index in [1.165, 1.54) is 17.8 Å². The average Bonchev–Trinajstić information content (AvgIpc) is 3.04. The Morgan fingerprint density at radius 3 is 2.91 bits per heavy atom. The van der Waals surface area contributed by atoms with E-state index in [-0.39, 0.29) is 5.91 Å². The summed E-state index contributed by atoms with van der Waals surface area (Å²) < 4.78 is 11.1. The Bertz CT molecular complexity index is 672. The maximum Gasteiger partial charge on any atom is 0.251 e. The van der Waals surface area contributed by atoms with Crippen molar-refractivity contribution in [1.29, 1.82) is 0 Å². The Morgan fingerprint density at radius 2 is 2.26 bits per heavy atom. The Labute approximate surface area is 139 Å². The van der Waals surface area contributed by atoms with Gasteiger partial charge in [0.1, 0.15) is 6.61 Å². The van der Waals surface area contributed by atoms with Crippen LogP contribution in [-0.2, 0) is 6.61 Å². The molecule has 2 aromatic rings. The van der Waals surface area contributed by atoms with Gasteiger partial charge < -0.3 is 14.8 Å². The first-order valence-corrected chi connectivity index (χ1v) is 8.57. The second-order valence-corrected chi connectivity index (χ2v) is 6.54. The molecule has 1 amide bonds. The summed E-state index contributed by atoms with van der Waals surface area (Å²) in [4.78, 5) is 16.4. The van der Waals surface area contributed by atoms with Gasteiger partial charge in [0.25, 0.3) is 5.91 Å². The fourth-order valence-corrected chi connectivity index (χ4v) is 2.94. The largest absolute Gasteiger partial charge is 0.493 e. The van der Waals surface area contributed by atoms with Crippen molar-refractivity contribution < 1.29 is 14.3 Å².